The lowest BCUT2D eigenvalue weighted by atomic mass is 9.90. The summed E-state index contributed by atoms with van der Waals surface area (Å²) < 4.78 is 33.1. The number of nitrogens with one attached hydrogen (secondary N) is 2. The number of hydrogen-bond donors (Lipinski definition) is 2. The van der Waals surface area contributed by atoms with E-state index in [2.05, 4.69) is 10.0 Å². The van der Waals surface area contributed by atoms with Crippen molar-refractivity contribution in [3.63, 3.8) is 0 Å². The topological polar surface area (TPSA) is 125 Å². The molecule has 0 aromatic heterocycles. The molecule has 2 N–H and O–H groups in total. The monoisotopic (exact) mass is 437 g/mol. The molecule has 0 saturated carbocycles. The second kappa shape index (κ2) is 9.58. The summed E-state index contributed by atoms with van der Waals surface area (Å²) in [6, 6.07) is 2.73. The summed E-state index contributed by atoms with van der Waals surface area (Å²) in [7, 11) is -3.99. The van der Waals surface area contributed by atoms with Crippen LogP contribution in [0.5, 0.6) is 0 Å². The highest BCUT2D eigenvalue weighted by atomic mass is 32.2. The Morgan fingerprint density at radius 1 is 1.13 bits per heavy atom. The maximum atomic E-state index is 12.9. The Bertz CT molecular complexity index is 953. The quantitative estimate of drug-likeness (QED) is 0.601. The predicted octanol–water partition coefficient (Wildman–Crippen LogP) is 2.18. The lowest BCUT2D eigenvalue weighted by molar-refractivity contribution is -0.150. The molecule has 166 valence electrons. The highest BCUT2D eigenvalue weighted by Gasteiger charge is 2.31. The number of hydrogen-bond acceptors (Lipinski definition) is 6. The first-order valence-corrected chi connectivity index (χ1v) is 11.1. The van der Waals surface area contributed by atoms with E-state index in [9.17, 15) is 23.3 Å². The van der Waals surface area contributed by atoms with Crippen LogP contribution >= 0.6 is 0 Å². The number of nitriles is 1. The number of ether oxygens (including phenoxy) is 1. The summed E-state index contributed by atoms with van der Waals surface area (Å²) in [6.07, 6.45) is 0. The third-order valence-electron chi connectivity index (χ3n) is 5.38. The van der Waals surface area contributed by atoms with Crippen molar-refractivity contribution in [1.82, 2.24) is 10.0 Å². The minimum absolute atomic E-state index is 0.138. The first-order chi connectivity index (χ1) is 13.7. The van der Waals surface area contributed by atoms with E-state index >= 15 is 0 Å². The van der Waals surface area contributed by atoms with E-state index < -0.39 is 40.1 Å². The van der Waals surface area contributed by atoms with Gasteiger partial charge in [0.1, 0.15) is 11.6 Å². The fourth-order valence-electron chi connectivity index (χ4n) is 2.81. The molecule has 0 bridgehead atoms. The lowest BCUT2D eigenvalue weighted by Crippen LogP contribution is -2.50. The lowest BCUT2D eigenvalue weighted by Gasteiger charge is -2.27. The number of nitrogens with zero attached hydrogens (tertiary/aromatic N) is 1. The molecule has 0 spiro atoms. The number of sulfonamides is 1. The normalized spacial score (nSPS) is 14.5. The first-order valence-electron chi connectivity index (χ1n) is 9.65. The molecular weight excluding hydrogens is 406 g/mol. The van der Waals surface area contributed by atoms with Crippen molar-refractivity contribution in [1.29, 1.82) is 5.26 Å². The summed E-state index contributed by atoms with van der Waals surface area (Å²) in [5.41, 5.74) is 1.77. The summed E-state index contributed by atoms with van der Waals surface area (Å²) in [6.45, 7) is 12.9. The Labute approximate surface area is 179 Å². The van der Waals surface area contributed by atoms with Gasteiger partial charge in [-0.25, -0.2) is 8.42 Å². The molecular formula is C21H31N3O5S. The van der Waals surface area contributed by atoms with Gasteiger partial charge in [-0.1, -0.05) is 19.9 Å². The smallest absolute Gasteiger partial charge is 0.324 e. The number of carbonyl (C=O) groups excluding carboxylic acids is 2. The summed E-state index contributed by atoms with van der Waals surface area (Å²) in [4.78, 5) is 24.4. The van der Waals surface area contributed by atoms with E-state index in [-0.39, 0.29) is 10.8 Å². The van der Waals surface area contributed by atoms with E-state index in [1.54, 1.807) is 34.6 Å². The molecule has 1 aromatic carbocycles. The minimum atomic E-state index is -3.99. The number of carbonyl (C=O) groups is 2. The second-order valence-electron chi connectivity index (χ2n) is 8.06. The van der Waals surface area contributed by atoms with Gasteiger partial charge in [0.15, 0.2) is 6.61 Å². The van der Waals surface area contributed by atoms with Gasteiger partial charge in [0.05, 0.1) is 11.0 Å². The van der Waals surface area contributed by atoms with Crippen molar-refractivity contribution in [3.8, 4) is 6.07 Å². The Hall–Kier alpha value is -2.44. The van der Waals surface area contributed by atoms with Crippen molar-refractivity contribution < 1.29 is 22.7 Å². The maximum Gasteiger partial charge on any atom is 0.324 e. The third kappa shape index (κ3) is 5.80. The highest BCUT2D eigenvalue weighted by molar-refractivity contribution is 7.89. The zero-order valence-electron chi connectivity index (χ0n) is 18.8. The molecule has 0 aliphatic heterocycles. The van der Waals surface area contributed by atoms with Crippen LogP contribution in [0.15, 0.2) is 11.0 Å². The van der Waals surface area contributed by atoms with Crippen LogP contribution in [-0.4, -0.2) is 38.5 Å². The number of benzene rings is 1. The van der Waals surface area contributed by atoms with Gasteiger partial charge in [0, 0.05) is 0 Å². The fourth-order valence-corrected chi connectivity index (χ4v) is 4.62. The van der Waals surface area contributed by atoms with Crippen LogP contribution in [0.3, 0.4) is 0 Å². The fraction of sp³-hybridized carbons (Fsp3) is 0.571. The van der Waals surface area contributed by atoms with E-state index in [1.807, 2.05) is 26.0 Å². The van der Waals surface area contributed by atoms with Crippen LogP contribution in [0.1, 0.15) is 49.9 Å². The molecule has 0 aliphatic carbocycles. The minimum Gasteiger partial charge on any atom is -0.454 e. The predicted molar refractivity (Wildman–Crippen MR) is 113 cm³/mol. The molecule has 1 aromatic rings. The Morgan fingerprint density at radius 3 is 2.07 bits per heavy atom. The van der Waals surface area contributed by atoms with Crippen LogP contribution in [-0.2, 0) is 24.3 Å². The molecule has 0 fully saturated rings. The van der Waals surface area contributed by atoms with Crippen molar-refractivity contribution in [3.05, 3.63) is 28.3 Å². The van der Waals surface area contributed by atoms with E-state index in [4.69, 9.17) is 4.74 Å². The zero-order chi connectivity index (χ0) is 23.4. The Balaban J connectivity index is 2.87. The summed E-state index contributed by atoms with van der Waals surface area (Å²) in [5, 5.41) is 11.8. The molecule has 0 unspecified atom stereocenters. The van der Waals surface area contributed by atoms with Gasteiger partial charge in [0.2, 0.25) is 10.0 Å². The van der Waals surface area contributed by atoms with E-state index in [1.165, 1.54) is 6.92 Å². The SMILES string of the molecule is Cc1cc(C)c(C)c(S(=O)(=O)N[C@H](C)C(=O)OCC(=O)N[C@](C)(C#N)C(C)C)c1C. The van der Waals surface area contributed by atoms with Crippen LogP contribution in [0, 0.1) is 44.9 Å². The molecule has 30 heavy (non-hydrogen) atoms. The van der Waals surface area contributed by atoms with E-state index in [0.717, 1.165) is 11.1 Å². The third-order valence-corrected chi connectivity index (χ3v) is 7.20. The number of amides is 1. The van der Waals surface area contributed by atoms with Crippen LogP contribution < -0.4 is 10.0 Å². The second-order valence-corrected chi connectivity index (χ2v) is 9.71. The van der Waals surface area contributed by atoms with Gasteiger partial charge < -0.3 is 10.1 Å². The maximum absolute atomic E-state index is 12.9. The molecule has 0 saturated heterocycles. The summed E-state index contributed by atoms with van der Waals surface area (Å²) in [5.74, 6) is -1.69. The Kier molecular flexibility index (Phi) is 8.17. The largest absolute Gasteiger partial charge is 0.454 e. The van der Waals surface area contributed by atoms with Gasteiger partial charge in [-0.15, -0.1) is 0 Å². The molecule has 0 aliphatic rings. The molecule has 0 radical (unpaired) electrons. The number of rotatable bonds is 8. The molecule has 8 nitrogen and oxygen atoms in total. The highest BCUT2D eigenvalue weighted by Crippen LogP contribution is 2.26. The molecule has 2 atom stereocenters. The van der Waals surface area contributed by atoms with Gasteiger partial charge in [-0.2, -0.15) is 9.98 Å². The summed E-state index contributed by atoms with van der Waals surface area (Å²) >= 11 is 0. The van der Waals surface area contributed by atoms with Crippen molar-refractivity contribution >= 4 is 21.9 Å². The van der Waals surface area contributed by atoms with Gasteiger partial charge in [-0.3, -0.25) is 9.59 Å². The standard InChI is InChI=1S/C21H31N3O5S/c1-12(2)21(8,11-22)23-18(25)10-29-20(26)17(7)24-30(27,28)19-15(5)13(3)9-14(4)16(19)6/h9,12,17,24H,10H2,1-8H3,(H,23,25)/t17-,21-/m1/s1. The van der Waals surface area contributed by atoms with Crippen LogP contribution in [0.2, 0.25) is 0 Å². The molecule has 9 heteroatoms. The van der Waals surface area contributed by atoms with Gasteiger partial charge in [0.25, 0.3) is 5.91 Å². The van der Waals surface area contributed by atoms with Crippen molar-refractivity contribution in [2.75, 3.05) is 6.61 Å². The van der Waals surface area contributed by atoms with Crippen molar-refractivity contribution in [2.45, 2.75) is 71.9 Å². The molecule has 0 heterocycles. The average Bonchev–Trinajstić information content (AvgIpc) is 2.63. The first kappa shape index (κ1) is 25.6. The zero-order valence-corrected chi connectivity index (χ0v) is 19.7. The average molecular weight is 438 g/mol. The molecule has 1 rings (SSSR count). The van der Waals surface area contributed by atoms with Crippen LogP contribution in [0.25, 0.3) is 0 Å². The van der Waals surface area contributed by atoms with E-state index in [0.29, 0.717) is 11.1 Å². The molecule has 1 amide bonds. The van der Waals surface area contributed by atoms with Crippen LogP contribution in [0.4, 0.5) is 0 Å². The van der Waals surface area contributed by atoms with Gasteiger partial charge >= 0.3 is 5.97 Å². The number of esters is 1. The van der Waals surface area contributed by atoms with Crippen molar-refractivity contribution in [2.24, 2.45) is 5.92 Å². The number of aryl methyl sites for hydroxylation is 2. The van der Waals surface area contributed by atoms with Gasteiger partial charge in [-0.05, 0) is 69.7 Å². The Morgan fingerprint density at radius 2 is 1.63 bits per heavy atom.